The van der Waals surface area contributed by atoms with Crippen LogP contribution in [0.3, 0.4) is 0 Å². The number of carbonyl (C=O) groups is 1. The summed E-state index contributed by atoms with van der Waals surface area (Å²) in [5.74, 6) is 1.92. The Morgan fingerprint density at radius 2 is 1.89 bits per heavy atom. The van der Waals surface area contributed by atoms with Crippen molar-refractivity contribution < 1.29 is 23.9 Å². The summed E-state index contributed by atoms with van der Waals surface area (Å²) in [6, 6.07) is 11.2. The van der Waals surface area contributed by atoms with Crippen molar-refractivity contribution in [3.63, 3.8) is 0 Å². The van der Waals surface area contributed by atoms with Crippen molar-refractivity contribution in [3.05, 3.63) is 35.9 Å². The molecule has 0 spiro atoms. The van der Waals surface area contributed by atoms with Crippen LogP contribution in [0, 0.1) is 11.8 Å². The number of nitrogens with one attached hydrogen (secondary N) is 1. The lowest BCUT2D eigenvalue weighted by Gasteiger charge is -2.37. The van der Waals surface area contributed by atoms with Gasteiger partial charge in [-0.15, -0.1) is 0 Å². The molecule has 0 radical (unpaired) electrons. The molecule has 252 valence electrons. The fourth-order valence-corrected chi connectivity index (χ4v) is 8.39. The molecule has 4 rings (SSSR count). The first-order valence-electron chi connectivity index (χ1n) is 16.9. The van der Waals surface area contributed by atoms with Gasteiger partial charge < -0.3 is 34.2 Å². The highest BCUT2D eigenvalue weighted by Gasteiger charge is 2.34. The minimum atomic E-state index is -1.71. The predicted octanol–water partition coefficient (Wildman–Crippen LogP) is 7.28. The zero-order chi connectivity index (χ0) is 32.2. The van der Waals surface area contributed by atoms with E-state index in [0.29, 0.717) is 50.4 Å². The lowest BCUT2D eigenvalue weighted by Crippen LogP contribution is -2.43. The van der Waals surface area contributed by atoms with Crippen LogP contribution in [0.5, 0.6) is 0 Å². The lowest BCUT2D eigenvalue weighted by molar-refractivity contribution is -0.00237. The number of nitrogens with zero attached hydrogens (tertiary/aromatic N) is 4. The van der Waals surface area contributed by atoms with Gasteiger partial charge in [-0.25, -0.2) is 4.79 Å². The molecule has 45 heavy (non-hydrogen) atoms. The Labute approximate surface area is 274 Å². The van der Waals surface area contributed by atoms with Crippen molar-refractivity contribution in [2.45, 2.75) is 95.6 Å². The molecule has 3 unspecified atom stereocenters. The predicted molar refractivity (Wildman–Crippen MR) is 184 cm³/mol. The van der Waals surface area contributed by atoms with Crippen molar-refractivity contribution in [3.8, 4) is 0 Å². The van der Waals surface area contributed by atoms with E-state index in [4.69, 9.17) is 9.47 Å². The van der Waals surface area contributed by atoms with Gasteiger partial charge in [0.25, 0.3) is 0 Å². The molecule has 1 amide bonds. The van der Waals surface area contributed by atoms with Gasteiger partial charge in [-0.1, -0.05) is 82.1 Å². The van der Waals surface area contributed by atoms with Gasteiger partial charge in [0.15, 0.2) is 11.1 Å². The van der Waals surface area contributed by atoms with Crippen LogP contribution >= 0.6 is 11.1 Å². The minimum Gasteiger partial charge on any atom is -0.546 e. The largest absolute Gasteiger partial charge is 0.546 e. The van der Waals surface area contributed by atoms with Crippen LogP contribution in [0.2, 0.25) is 25.7 Å². The maximum Gasteiger partial charge on any atom is 0.407 e. The first-order chi connectivity index (χ1) is 21.6. The molecule has 12 heteroatoms. The molecule has 4 atom stereocenters. The maximum absolute atomic E-state index is 12.8. The third kappa shape index (κ3) is 11.5. The van der Waals surface area contributed by atoms with E-state index in [1.807, 2.05) is 6.07 Å². The highest BCUT2D eigenvalue weighted by atomic mass is 32.2. The van der Waals surface area contributed by atoms with Crippen LogP contribution < -0.4 is 10.2 Å². The molecule has 2 fully saturated rings. The fourth-order valence-electron chi connectivity index (χ4n) is 6.76. The number of benzene rings is 1. The first kappa shape index (κ1) is 35.6. The fraction of sp³-hybridized carbons (Fsp3) is 0.727. The first-order valence-corrected chi connectivity index (χ1v) is 21.6. The Morgan fingerprint density at radius 3 is 2.58 bits per heavy atom. The molecule has 1 saturated heterocycles. The van der Waals surface area contributed by atoms with Gasteiger partial charge in [-0.3, -0.25) is 0 Å². The number of aromatic nitrogens is 2. The number of carboxylic acid groups (broad SMARTS) is 1. The summed E-state index contributed by atoms with van der Waals surface area (Å²) >= 11 is -1.71. The van der Waals surface area contributed by atoms with Crippen LogP contribution in [0.25, 0.3) is 0 Å². The van der Waals surface area contributed by atoms with Crippen molar-refractivity contribution in [2.75, 3.05) is 56.7 Å². The average molecular weight is 662 g/mol. The highest BCUT2D eigenvalue weighted by molar-refractivity contribution is 7.14. The lowest BCUT2D eigenvalue weighted by atomic mass is 9.84. The average Bonchev–Trinajstić information content (AvgIpc) is 3.39. The third-order valence-electron chi connectivity index (χ3n) is 9.18. The molecule has 2 aliphatic rings. The summed E-state index contributed by atoms with van der Waals surface area (Å²) in [7, 11) is 0.285. The molecular weight excluding hydrogens is 607 g/mol. The van der Waals surface area contributed by atoms with Crippen LogP contribution in [0.1, 0.15) is 69.5 Å². The Bertz CT molecular complexity index is 1160. The van der Waals surface area contributed by atoms with Gasteiger partial charge in [0.2, 0.25) is 11.6 Å². The number of hydrogen-bond donors (Lipinski definition) is 2. The van der Waals surface area contributed by atoms with E-state index in [-0.39, 0.29) is 18.1 Å². The number of piperidine rings is 1. The SMILES string of the molecule is COCCCOC(c1ccccc1)C1CCCN(c2n[s+]([O-])nc2N[C@@H](CC2CCCCC2)CN(CC[Si](C)(C)C)C(=O)O)C1. The monoisotopic (exact) mass is 661 g/mol. The Morgan fingerprint density at radius 1 is 1.13 bits per heavy atom. The minimum absolute atomic E-state index is 0.0683. The topological polar surface area (TPSA) is 123 Å². The van der Waals surface area contributed by atoms with Gasteiger partial charge in [0.1, 0.15) is 0 Å². The summed E-state index contributed by atoms with van der Waals surface area (Å²) in [4.78, 5) is 16.1. The van der Waals surface area contributed by atoms with E-state index < -0.39 is 25.3 Å². The van der Waals surface area contributed by atoms with E-state index in [0.717, 1.165) is 43.8 Å². The molecule has 1 aromatic carbocycles. The molecular formula is C33H55N5O5SSi. The number of methoxy groups -OCH3 is 1. The van der Waals surface area contributed by atoms with Gasteiger partial charge >= 0.3 is 6.09 Å². The summed E-state index contributed by atoms with van der Waals surface area (Å²) in [6.45, 7) is 10.5. The van der Waals surface area contributed by atoms with Gasteiger partial charge in [0.05, 0.1) is 6.10 Å². The number of anilines is 2. The van der Waals surface area contributed by atoms with Gasteiger partial charge in [0, 0.05) is 75.3 Å². The van der Waals surface area contributed by atoms with Gasteiger partial charge in [-0.2, -0.15) is 0 Å². The molecule has 2 N–H and O–H groups in total. The van der Waals surface area contributed by atoms with Crippen LogP contribution in [0.15, 0.2) is 30.3 Å². The Hall–Kier alpha value is -2.25. The van der Waals surface area contributed by atoms with E-state index >= 15 is 0 Å². The van der Waals surface area contributed by atoms with Crippen molar-refractivity contribution in [2.24, 2.45) is 11.8 Å². The smallest absolute Gasteiger partial charge is 0.407 e. The molecule has 1 aliphatic heterocycles. The third-order valence-corrected chi connectivity index (χ3v) is 11.6. The van der Waals surface area contributed by atoms with E-state index in [2.05, 4.69) is 62.9 Å². The zero-order valence-corrected chi connectivity index (χ0v) is 29.6. The summed E-state index contributed by atoms with van der Waals surface area (Å²) < 4.78 is 33.5. The molecule has 2 aromatic rings. The van der Waals surface area contributed by atoms with E-state index in [1.165, 1.54) is 32.1 Å². The van der Waals surface area contributed by atoms with Crippen molar-refractivity contribution >= 4 is 36.9 Å². The maximum atomic E-state index is 12.8. The zero-order valence-electron chi connectivity index (χ0n) is 27.8. The molecule has 1 saturated carbocycles. The Balaban J connectivity index is 1.52. The molecule has 1 aromatic heterocycles. The van der Waals surface area contributed by atoms with Crippen LogP contribution in [-0.2, 0) is 9.47 Å². The quantitative estimate of drug-likeness (QED) is 0.102. The van der Waals surface area contributed by atoms with Crippen LogP contribution in [-0.4, -0.2) is 90.0 Å². The highest BCUT2D eigenvalue weighted by Crippen LogP contribution is 2.37. The number of ether oxygens (including phenoxy) is 2. The van der Waals surface area contributed by atoms with Crippen LogP contribution in [0.4, 0.5) is 16.4 Å². The molecule has 10 nitrogen and oxygen atoms in total. The standard InChI is InChI=1S/C33H55N5O5SSi/c1-42-20-12-21-43-30(27-15-9-6-10-16-27)28-17-11-18-37(24-28)32-31(35-44(41)36-32)34-29(23-26-13-7-5-8-14-26)25-38(33(39)40)19-22-45(2,3)4/h6,9-10,15-16,26,28-30H,5,7-8,11-14,17-25H2,1-4H3,(H,34,35)(H,39,40)/t28?,29-,30?,44?/m0/s1. The Kier molecular flexibility index (Phi) is 13.9. The molecule has 2 heterocycles. The molecule has 1 aliphatic carbocycles. The molecule has 0 bridgehead atoms. The van der Waals surface area contributed by atoms with E-state index in [9.17, 15) is 14.5 Å². The second kappa shape index (κ2) is 17.6. The normalized spacial score (nSPS) is 19.7. The number of amides is 1. The summed E-state index contributed by atoms with van der Waals surface area (Å²) in [5, 5.41) is 13.7. The second-order valence-electron chi connectivity index (χ2n) is 14.1. The van der Waals surface area contributed by atoms with Gasteiger partial charge in [-0.05, 0) is 43.2 Å². The second-order valence-corrected chi connectivity index (χ2v) is 20.6. The van der Waals surface area contributed by atoms with Crippen molar-refractivity contribution in [1.29, 1.82) is 0 Å². The summed E-state index contributed by atoms with van der Waals surface area (Å²) in [5.41, 5.74) is 1.16. The number of rotatable bonds is 17. The summed E-state index contributed by atoms with van der Waals surface area (Å²) in [6.07, 6.45) is 8.76. The van der Waals surface area contributed by atoms with E-state index in [1.54, 1.807) is 12.0 Å². The van der Waals surface area contributed by atoms with Crippen molar-refractivity contribution in [1.82, 2.24) is 13.6 Å². The number of hydrogen-bond acceptors (Lipinski definition) is 8.